The van der Waals surface area contributed by atoms with Crippen molar-refractivity contribution >= 4 is 23.2 Å². The zero-order valence-electron chi connectivity index (χ0n) is 16.1. The lowest BCUT2D eigenvalue weighted by molar-refractivity contribution is 0.614. The van der Waals surface area contributed by atoms with E-state index in [9.17, 15) is 4.39 Å². The van der Waals surface area contributed by atoms with Crippen LogP contribution in [-0.4, -0.2) is 26.9 Å². The molecule has 0 aromatic heterocycles. The minimum atomic E-state index is -0.252. The lowest BCUT2D eigenvalue weighted by Gasteiger charge is -2.16. The first-order valence-corrected chi connectivity index (χ1v) is 8.95. The molecule has 0 aliphatic rings. The molecular formula is C22H27FN4. The van der Waals surface area contributed by atoms with Crippen LogP contribution in [0.5, 0.6) is 0 Å². The minimum Gasteiger partial charge on any atom is -0.391 e. The molecule has 0 unspecified atom stereocenters. The number of benzene rings is 2. The first-order chi connectivity index (χ1) is 13.1. The number of hydrogen-bond acceptors (Lipinski definition) is 4. The van der Waals surface area contributed by atoms with E-state index >= 15 is 0 Å². The summed E-state index contributed by atoms with van der Waals surface area (Å²) in [5.74, 6) is -0.252. The monoisotopic (exact) mass is 366 g/mol. The molecule has 0 fully saturated rings. The van der Waals surface area contributed by atoms with E-state index in [0.717, 1.165) is 40.2 Å². The highest BCUT2D eigenvalue weighted by molar-refractivity contribution is 5.89. The Hall–Kier alpha value is -3.08. The Kier molecular flexibility index (Phi) is 7.17. The van der Waals surface area contributed by atoms with E-state index in [4.69, 9.17) is 5.41 Å². The van der Waals surface area contributed by atoms with Crippen LogP contribution in [0.15, 0.2) is 49.2 Å². The smallest absolute Gasteiger partial charge is 0.128 e. The summed E-state index contributed by atoms with van der Waals surface area (Å²) in [6.45, 7) is 6.74. The molecule has 142 valence electrons. The van der Waals surface area contributed by atoms with Crippen molar-refractivity contribution in [1.29, 1.82) is 5.41 Å². The van der Waals surface area contributed by atoms with Gasteiger partial charge in [-0.05, 0) is 53.5 Å². The van der Waals surface area contributed by atoms with E-state index in [1.54, 1.807) is 19.2 Å². The van der Waals surface area contributed by atoms with Gasteiger partial charge >= 0.3 is 0 Å². The quantitative estimate of drug-likeness (QED) is 0.386. The number of hydrogen-bond donors (Lipinski definition) is 4. The van der Waals surface area contributed by atoms with Crippen molar-refractivity contribution in [2.45, 2.75) is 13.3 Å². The van der Waals surface area contributed by atoms with Gasteiger partial charge in [0.1, 0.15) is 5.82 Å². The van der Waals surface area contributed by atoms with Crippen LogP contribution in [0.3, 0.4) is 0 Å². The third-order valence-corrected chi connectivity index (χ3v) is 4.42. The number of nitrogens with one attached hydrogen (secondary N) is 4. The Morgan fingerprint density at radius 2 is 1.93 bits per heavy atom. The second kappa shape index (κ2) is 9.57. The Bertz CT molecular complexity index is 856. The molecular weight excluding hydrogens is 339 g/mol. The number of halogens is 1. The molecule has 27 heavy (non-hydrogen) atoms. The van der Waals surface area contributed by atoms with Gasteiger partial charge < -0.3 is 21.4 Å². The van der Waals surface area contributed by atoms with Gasteiger partial charge in [-0.1, -0.05) is 18.7 Å². The molecule has 4 N–H and O–H groups in total. The van der Waals surface area contributed by atoms with Gasteiger partial charge in [-0.3, -0.25) is 0 Å². The molecule has 0 heterocycles. The summed E-state index contributed by atoms with van der Waals surface area (Å²) >= 11 is 0. The fourth-order valence-corrected chi connectivity index (χ4v) is 2.92. The highest BCUT2D eigenvalue weighted by atomic mass is 19.1. The first kappa shape index (κ1) is 20.2. The fraction of sp³-hybridized carbons (Fsp3) is 0.227. The van der Waals surface area contributed by atoms with Crippen molar-refractivity contribution in [3.05, 3.63) is 77.3 Å². The maximum atomic E-state index is 14.5. The Balaban J connectivity index is 2.58. The highest BCUT2D eigenvalue weighted by Crippen LogP contribution is 2.29. The van der Waals surface area contributed by atoms with Crippen molar-refractivity contribution in [3.8, 4) is 0 Å². The molecule has 2 aromatic rings. The van der Waals surface area contributed by atoms with Crippen LogP contribution in [0.25, 0.3) is 5.57 Å². The third-order valence-electron chi connectivity index (χ3n) is 4.42. The largest absolute Gasteiger partial charge is 0.391 e. The third kappa shape index (κ3) is 4.76. The summed E-state index contributed by atoms with van der Waals surface area (Å²) in [6, 6.07) is 9.07. The lowest BCUT2D eigenvalue weighted by Crippen LogP contribution is -2.06. The molecule has 0 radical (unpaired) electrons. The summed E-state index contributed by atoms with van der Waals surface area (Å²) in [5, 5.41) is 17.0. The predicted octanol–water partition coefficient (Wildman–Crippen LogP) is 4.63. The zero-order valence-corrected chi connectivity index (χ0v) is 16.1. The molecule has 0 saturated heterocycles. The van der Waals surface area contributed by atoms with Gasteiger partial charge in [-0.2, -0.15) is 0 Å². The van der Waals surface area contributed by atoms with E-state index in [1.165, 1.54) is 12.3 Å². The minimum absolute atomic E-state index is 0.252. The molecule has 0 aliphatic heterocycles. The van der Waals surface area contributed by atoms with Crippen LogP contribution >= 0.6 is 0 Å². The van der Waals surface area contributed by atoms with Crippen LogP contribution in [0, 0.1) is 11.2 Å². The summed E-state index contributed by atoms with van der Waals surface area (Å²) in [5.41, 5.74) is 5.77. The van der Waals surface area contributed by atoms with Crippen molar-refractivity contribution in [2.75, 3.05) is 31.3 Å². The molecule has 0 saturated carbocycles. The predicted molar refractivity (Wildman–Crippen MR) is 114 cm³/mol. The second-order valence-corrected chi connectivity index (χ2v) is 6.09. The van der Waals surface area contributed by atoms with Crippen molar-refractivity contribution in [1.82, 2.24) is 5.32 Å². The van der Waals surface area contributed by atoms with Crippen LogP contribution in [0.1, 0.15) is 29.2 Å². The maximum Gasteiger partial charge on any atom is 0.128 e. The zero-order chi connectivity index (χ0) is 19.8. The maximum absolute atomic E-state index is 14.5. The summed E-state index contributed by atoms with van der Waals surface area (Å²) in [6.07, 6.45) is 5.43. The van der Waals surface area contributed by atoms with E-state index in [1.807, 2.05) is 38.4 Å². The molecule has 0 aliphatic carbocycles. The summed E-state index contributed by atoms with van der Waals surface area (Å²) in [7, 11) is 3.59. The van der Waals surface area contributed by atoms with Crippen LogP contribution in [0.2, 0.25) is 0 Å². The van der Waals surface area contributed by atoms with Crippen LogP contribution < -0.4 is 16.0 Å². The van der Waals surface area contributed by atoms with Gasteiger partial charge in [0, 0.05) is 56.4 Å². The van der Waals surface area contributed by atoms with Crippen molar-refractivity contribution in [3.63, 3.8) is 0 Å². The Morgan fingerprint density at radius 1 is 1.15 bits per heavy atom. The van der Waals surface area contributed by atoms with Gasteiger partial charge in [0.05, 0.1) is 0 Å². The number of allylic oxidation sites excluding steroid dienone is 2. The average Bonchev–Trinajstić information content (AvgIpc) is 2.70. The van der Waals surface area contributed by atoms with E-state index in [2.05, 4.69) is 22.5 Å². The number of rotatable bonds is 9. The molecule has 0 spiro atoms. The number of anilines is 2. The first-order valence-electron chi connectivity index (χ1n) is 8.95. The second-order valence-electron chi connectivity index (χ2n) is 6.09. The highest BCUT2D eigenvalue weighted by Gasteiger charge is 2.13. The van der Waals surface area contributed by atoms with Gasteiger partial charge in [0.2, 0.25) is 0 Å². The van der Waals surface area contributed by atoms with E-state index in [-0.39, 0.29) is 5.82 Å². The van der Waals surface area contributed by atoms with Crippen LogP contribution in [-0.2, 0) is 6.42 Å². The lowest BCUT2D eigenvalue weighted by atomic mass is 9.92. The normalized spacial score (nSPS) is 11.0. The summed E-state index contributed by atoms with van der Waals surface area (Å²) in [4.78, 5) is 0. The topological polar surface area (TPSA) is 59.9 Å². The SMILES string of the molecule is C=C/C(=C\NCC)c1cc(NC)c(C=N)cc1Cc1ccc(NC)cc1F. The molecule has 5 heteroatoms. The molecule has 2 aromatic carbocycles. The molecule has 4 nitrogen and oxygen atoms in total. The Labute approximate surface area is 160 Å². The van der Waals surface area contributed by atoms with E-state index in [0.29, 0.717) is 12.0 Å². The molecule has 2 rings (SSSR count). The fourth-order valence-electron chi connectivity index (χ4n) is 2.92. The summed E-state index contributed by atoms with van der Waals surface area (Å²) < 4.78 is 14.5. The molecule has 0 bridgehead atoms. The van der Waals surface area contributed by atoms with E-state index < -0.39 is 0 Å². The van der Waals surface area contributed by atoms with Crippen molar-refractivity contribution in [2.24, 2.45) is 0 Å². The van der Waals surface area contributed by atoms with Gasteiger partial charge in [-0.25, -0.2) is 4.39 Å². The van der Waals surface area contributed by atoms with Crippen LogP contribution in [0.4, 0.5) is 15.8 Å². The average molecular weight is 366 g/mol. The molecule has 0 amide bonds. The standard InChI is InChI=1S/C22H27FN4/c1-5-15(14-27-6-2)20-12-22(26-4)18(13-24)10-17(20)9-16-7-8-19(25-3)11-21(16)23/h5,7-8,10-14,24-27H,1,6,9H2,2-4H3/b15-14+,24-13?. The van der Waals surface area contributed by atoms with Gasteiger partial charge in [0.15, 0.2) is 0 Å². The molecule has 0 atom stereocenters. The van der Waals surface area contributed by atoms with Gasteiger partial charge in [-0.15, -0.1) is 0 Å². The van der Waals surface area contributed by atoms with Crippen molar-refractivity contribution < 1.29 is 4.39 Å². The van der Waals surface area contributed by atoms with Gasteiger partial charge in [0.25, 0.3) is 0 Å². The Morgan fingerprint density at radius 3 is 2.48 bits per heavy atom.